The van der Waals surface area contributed by atoms with Crippen molar-refractivity contribution in [1.29, 1.82) is 0 Å². The van der Waals surface area contributed by atoms with Crippen LogP contribution in [-0.4, -0.2) is 73.8 Å². The van der Waals surface area contributed by atoms with Gasteiger partial charge in [0.2, 0.25) is 23.6 Å². The van der Waals surface area contributed by atoms with Crippen LogP contribution in [-0.2, 0) is 14.3 Å². The smallest absolute Gasteiger partial charge is 0.395 e. The number of rotatable bonds is 12. The molecule has 6 atom stereocenters. The van der Waals surface area contributed by atoms with E-state index < -0.39 is 44.2 Å². The number of methoxy groups -OCH3 is 1. The Kier molecular flexibility index (Phi) is 10.7. The SMILES string of the molecule is CCCOC(=O)[C@H](N=[P+]([O-])Oc1c(OC[C@H]2O[C@@H](n3c(I)nc4c(OC)nc(N)nc43)[C@](C)(O)[C@@H]2O)ccc2ccccc12)c1ccccc1. The second-order valence-corrected chi connectivity index (χ2v) is 13.4. The van der Waals surface area contributed by atoms with Gasteiger partial charge >= 0.3 is 14.1 Å². The molecule has 1 aliphatic heterocycles. The Hall–Kier alpha value is -4.19. The third kappa shape index (κ3) is 7.04. The van der Waals surface area contributed by atoms with Crippen molar-refractivity contribution in [2.75, 3.05) is 26.1 Å². The van der Waals surface area contributed by atoms with E-state index in [1.54, 1.807) is 54.6 Å². The lowest BCUT2D eigenvalue weighted by Gasteiger charge is -2.27. The molecule has 3 aromatic carbocycles. The van der Waals surface area contributed by atoms with Gasteiger partial charge in [-0.2, -0.15) is 9.97 Å². The number of aromatic nitrogens is 4. The number of ether oxygens (including phenoxy) is 4. The topological polar surface area (TPSA) is 209 Å². The van der Waals surface area contributed by atoms with Crippen molar-refractivity contribution < 1.29 is 43.4 Å². The first-order valence-electron chi connectivity index (χ1n) is 15.6. The van der Waals surface area contributed by atoms with Crippen molar-refractivity contribution in [1.82, 2.24) is 19.5 Å². The Morgan fingerprint density at radius 2 is 1.90 bits per heavy atom. The zero-order chi connectivity index (χ0) is 35.6. The molecular formula is C33H34IN6O9P. The number of benzene rings is 3. The van der Waals surface area contributed by atoms with E-state index in [1.807, 2.05) is 41.6 Å². The Labute approximate surface area is 301 Å². The molecule has 2 aromatic heterocycles. The van der Waals surface area contributed by atoms with Crippen molar-refractivity contribution in [3.8, 4) is 17.4 Å². The van der Waals surface area contributed by atoms with Crippen molar-refractivity contribution in [3.63, 3.8) is 0 Å². The minimum Gasteiger partial charge on any atom is -0.575 e. The normalized spacial score (nSPS) is 21.3. The molecule has 1 aliphatic rings. The number of hydrogen-bond donors (Lipinski definition) is 3. The number of nitrogens with zero attached hydrogens (tertiary/aromatic N) is 5. The molecule has 0 amide bonds. The molecule has 0 bridgehead atoms. The van der Waals surface area contributed by atoms with E-state index in [4.69, 9.17) is 29.2 Å². The minimum absolute atomic E-state index is 0.0770. The molecule has 5 aromatic rings. The van der Waals surface area contributed by atoms with E-state index >= 15 is 0 Å². The highest BCUT2D eigenvalue weighted by atomic mass is 127. The number of hydrogen-bond acceptors (Lipinski definition) is 14. The highest BCUT2D eigenvalue weighted by molar-refractivity contribution is 14.1. The average Bonchev–Trinajstić information content (AvgIpc) is 3.55. The first kappa shape index (κ1) is 35.6. The number of carbonyl (C=O) groups excluding carboxylic acids is 1. The summed E-state index contributed by atoms with van der Waals surface area (Å²) < 4.78 is 35.0. The largest absolute Gasteiger partial charge is 0.575 e. The Morgan fingerprint density at radius 3 is 2.64 bits per heavy atom. The summed E-state index contributed by atoms with van der Waals surface area (Å²) in [7, 11) is -1.41. The molecule has 17 heteroatoms. The fraction of sp³-hybridized carbons (Fsp3) is 0.333. The second-order valence-electron chi connectivity index (χ2n) is 11.6. The quantitative estimate of drug-likeness (QED) is 0.0700. The molecule has 1 unspecified atom stereocenters. The van der Waals surface area contributed by atoms with Crippen LogP contribution in [0.15, 0.2) is 71.5 Å². The van der Waals surface area contributed by atoms with Crippen LogP contribution in [0, 0.1) is 3.83 Å². The van der Waals surface area contributed by atoms with Gasteiger partial charge in [0.15, 0.2) is 27.0 Å². The van der Waals surface area contributed by atoms with Crippen LogP contribution in [0.4, 0.5) is 5.95 Å². The zero-order valence-electron chi connectivity index (χ0n) is 27.2. The van der Waals surface area contributed by atoms with Crippen molar-refractivity contribution in [2.24, 2.45) is 4.74 Å². The fourth-order valence-electron chi connectivity index (χ4n) is 5.61. The molecule has 50 heavy (non-hydrogen) atoms. The lowest BCUT2D eigenvalue weighted by atomic mass is 9.96. The number of nitrogen functional groups attached to an aromatic ring is 1. The van der Waals surface area contributed by atoms with Crippen LogP contribution < -0.4 is 24.6 Å². The minimum atomic E-state index is -2.83. The third-order valence-electron chi connectivity index (χ3n) is 8.08. The standard InChI is InChI=1S/C33H34IN6O9P/c1-4-16-46-29(42)23(19-11-6-5-7-12-19)39-50(44)49-25-20-13-9-8-10-18(20)14-15-21(25)47-17-22-26(41)33(2,43)30(48-22)40-27-24(36-31(40)34)28(45-3)38-32(35)37-27/h5-15,22-23,26,30,41,43H,4,16-17H2,1-3H3,(H2,35,37,38)/t22-,23-,26-,30-,33-/m1/s1. The molecule has 4 N–H and O–H groups in total. The maximum absolute atomic E-state index is 13.5. The summed E-state index contributed by atoms with van der Waals surface area (Å²) in [5, 5.41) is 24.1. The number of aliphatic hydroxyl groups is 2. The number of esters is 1. The molecule has 6 rings (SSSR count). The van der Waals surface area contributed by atoms with Gasteiger partial charge < -0.3 is 39.8 Å². The van der Waals surface area contributed by atoms with Crippen molar-refractivity contribution in [3.05, 3.63) is 76.1 Å². The Balaban J connectivity index is 1.29. The van der Waals surface area contributed by atoms with Crippen molar-refractivity contribution in [2.45, 2.75) is 50.3 Å². The predicted octanol–water partition coefficient (Wildman–Crippen LogP) is 4.19. The van der Waals surface area contributed by atoms with Gasteiger partial charge in [-0.15, -0.1) is 0 Å². The number of aliphatic hydroxyl groups excluding tert-OH is 1. The van der Waals surface area contributed by atoms with E-state index in [1.165, 1.54) is 18.6 Å². The van der Waals surface area contributed by atoms with E-state index in [0.29, 0.717) is 26.7 Å². The number of nitrogens with two attached hydrogens (primary N) is 1. The lowest BCUT2D eigenvalue weighted by molar-refractivity contribution is -0.169. The molecule has 3 heterocycles. The van der Waals surface area contributed by atoms with Gasteiger partial charge in [0.05, 0.1) is 13.7 Å². The molecule has 1 saturated heterocycles. The van der Waals surface area contributed by atoms with Gasteiger partial charge in [-0.3, -0.25) is 9.09 Å². The number of fused-ring (bicyclic) bond motifs is 2. The summed E-state index contributed by atoms with van der Waals surface area (Å²) in [6.07, 6.45) is -3.04. The van der Waals surface area contributed by atoms with Crippen LogP contribution in [0.2, 0.25) is 0 Å². The van der Waals surface area contributed by atoms with Crippen LogP contribution in [0.3, 0.4) is 0 Å². The number of carbonyl (C=O) groups is 1. The number of anilines is 1. The molecule has 262 valence electrons. The second kappa shape index (κ2) is 15.0. The van der Waals surface area contributed by atoms with Gasteiger partial charge in [0.1, 0.15) is 24.4 Å². The fourth-order valence-corrected chi connectivity index (χ4v) is 7.14. The first-order valence-corrected chi connectivity index (χ1v) is 17.8. The van der Waals surface area contributed by atoms with E-state index in [0.717, 1.165) is 5.39 Å². The maximum atomic E-state index is 13.5. The molecule has 0 radical (unpaired) electrons. The molecule has 1 fully saturated rings. The number of halogens is 1. The highest BCUT2D eigenvalue weighted by Crippen LogP contribution is 2.44. The molecule has 0 saturated carbocycles. The van der Waals surface area contributed by atoms with Gasteiger partial charge in [-0.25, -0.2) is 9.78 Å². The summed E-state index contributed by atoms with van der Waals surface area (Å²) >= 11 is 1.96. The summed E-state index contributed by atoms with van der Waals surface area (Å²) in [6, 6.07) is 18.1. The van der Waals surface area contributed by atoms with Crippen LogP contribution >= 0.6 is 30.8 Å². The summed E-state index contributed by atoms with van der Waals surface area (Å²) in [6.45, 7) is 3.23. The van der Waals surface area contributed by atoms with Crippen LogP contribution in [0.1, 0.15) is 38.1 Å². The summed E-state index contributed by atoms with van der Waals surface area (Å²) in [5.41, 5.74) is 5.11. The Morgan fingerprint density at radius 1 is 1.16 bits per heavy atom. The lowest BCUT2D eigenvalue weighted by Crippen LogP contribution is -2.45. The predicted molar refractivity (Wildman–Crippen MR) is 189 cm³/mol. The molecule has 15 nitrogen and oxygen atoms in total. The summed E-state index contributed by atoms with van der Waals surface area (Å²) in [4.78, 5) is 39.3. The average molecular weight is 817 g/mol. The first-order chi connectivity index (χ1) is 24.0. The monoisotopic (exact) mass is 816 g/mol. The van der Waals surface area contributed by atoms with E-state index in [9.17, 15) is 19.9 Å². The van der Waals surface area contributed by atoms with E-state index in [-0.39, 0.29) is 42.2 Å². The van der Waals surface area contributed by atoms with E-state index in [2.05, 4.69) is 19.7 Å². The molecule has 0 aliphatic carbocycles. The van der Waals surface area contributed by atoms with Gasteiger partial charge in [0.25, 0.3) is 0 Å². The maximum Gasteiger partial charge on any atom is 0.395 e. The summed E-state index contributed by atoms with van der Waals surface area (Å²) in [5.74, 6) is -0.317. The third-order valence-corrected chi connectivity index (χ3v) is 9.60. The van der Waals surface area contributed by atoms with Crippen LogP contribution in [0.5, 0.6) is 17.4 Å². The van der Waals surface area contributed by atoms with Crippen molar-refractivity contribution >= 4 is 64.6 Å². The Bertz CT molecular complexity index is 2050. The van der Waals surface area contributed by atoms with Gasteiger partial charge in [0, 0.05) is 28.0 Å². The van der Waals surface area contributed by atoms with Gasteiger partial charge in [-0.1, -0.05) is 72.3 Å². The zero-order valence-corrected chi connectivity index (χ0v) is 30.2. The van der Waals surface area contributed by atoms with Crippen LogP contribution in [0.25, 0.3) is 21.9 Å². The molecule has 0 spiro atoms. The molecular weight excluding hydrogens is 782 g/mol. The van der Waals surface area contributed by atoms with Gasteiger partial charge in [-0.05, 0) is 30.4 Å². The highest BCUT2D eigenvalue weighted by Gasteiger charge is 2.54. The number of imidazole rings is 1.